The van der Waals surface area contributed by atoms with Crippen molar-refractivity contribution in [2.75, 3.05) is 37.6 Å². The van der Waals surface area contributed by atoms with Gasteiger partial charge in [0, 0.05) is 57.6 Å². The number of piperazine rings is 1. The minimum absolute atomic E-state index is 0.0712. The molecule has 1 amide bonds. The first kappa shape index (κ1) is 18.8. The molecule has 0 bridgehead atoms. The lowest BCUT2D eigenvalue weighted by molar-refractivity contribution is -0.123. The average Bonchev–Trinajstić information content (AvgIpc) is 3.06. The number of aromatic nitrogens is 5. The number of rotatable bonds is 6. The lowest BCUT2D eigenvalue weighted by Gasteiger charge is -2.37. The van der Waals surface area contributed by atoms with Crippen LogP contribution in [0.5, 0.6) is 0 Å². The quantitative estimate of drug-likeness (QED) is 0.669. The average molecular weight is 386 g/mol. The van der Waals surface area contributed by atoms with E-state index in [9.17, 15) is 9.90 Å². The molecule has 2 N–H and O–H groups in total. The Morgan fingerprint density at radius 3 is 2.54 bits per heavy atom. The van der Waals surface area contributed by atoms with E-state index in [0.717, 1.165) is 50.8 Å². The van der Waals surface area contributed by atoms with Gasteiger partial charge in [0.15, 0.2) is 5.82 Å². The molecule has 2 aliphatic rings. The summed E-state index contributed by atoms with van der Waals surface area (Å²) in [5, 5.41) is 20.5. The molecule has 10 heteroatoms. The Morgan fingerprint density at radius 1 is 1.18 bits per heavy atom. The molecule has 0 atom stereocenters. The molecule has 1 saturated carbocycles. The van der Waals surface area contributed by atoms with E-state index in [1.54, 1.807) is 12.4 Å². The highest BCUT2D eigenvalue weighted by atomic mass is 16.3. The fourth-order valence-corrected chi connectivity index (χ4v) is 3.85. The van der Waals surface area contributed by atoms with E-state index in [1.165, 1.54) is 0 Å². The molecule has 4 rings (SSSR count). The SMILES string of the molecule is Cn1c(CO)nnc1C1CC(NC(=O)CN2CCN(c3ncccn3)CC2)C1. The highest BCUT2D eigenvalue weighted by Gasteiger charge is 2.35. The summed E-state index contributed by atoms with van der Waals surface area (Å²) in [6.07, 6.45) is 5.23. The molecule has 1 aliphatic heterocycles. The van der Waals surface area contributed by atoms with E-state index < -0.39 is 0 Å². The van der Waals surface area contributed by atoms with E-state index in [0.29, 0.717) is 12.4 Å². The molecule has 2 aromatic heterocycles. The minimum atomic E-state index is -0.111. The maximum atomic E-state index is 12.4. The Labute approximate surface area is 163 Å². The zero-order valence-corrected chi connectivity index (χ0v) is 16.0. The molecule has 28 heavy (non-hydrogen) atoms. The van der Waals surface area contributed by atoms with Gasteiger partial charge in [-0.3, -0.25) is 9.69 Å². The fraction of sp³-hybridized carbons (Fsp3) is 0.611. The van der Waals surface area contributed by atoms with Crippen molar-refractivity contribution in [3.8, 4) is 0 Å². The number of anilines is 1. The molecule has 0 radical (unpaired) electrons. The first-order chi connectivity index (χ1) is 13.6. The maximum absolute atomic E-state index is 12.4. The fourth-order valence-electron chi connectivity index (χ4n) is 3.85. The topological polar surface area (TPSA) is 112 Å². The van der Waals surface area contributed by atoms with E-state index >= 15 is 0 Å². The van der Waals surface area contributed by atoms with Crippen molar-refractivity contribution in [2.45, 2.75) is 31.4 Å². The standard InChI is InChI=1S/C18H26N8O2/c1-24-15(12-27)22-23-17(24)13-9-14(10-13)21-16(28)11-25-5-7-26(8-6-25)18-19-3-2-4-20-18/h2-4,13-14,27H,5-12H2,1H3,(H,21,28). The third-order valence-corrected chi connectivity index (χ3v) is 5.58. The lowest BCUT2D eigenvalue weighted by Crippen LogP contribution is -2.52. The number of hydrogen-bond acceptors (Lipinski definition) is 8. The number of nitrogens with zero attached hydrogens (tertiary/aromatic N) is 7. The predicted molar refractivity (Wildman–Crippen MR) is 102 cm³/mol. The predicted octanol–water partition coefficient (Wildman–Crippen LogP) is -0.718. The van der Waals surface area contributed by atoms with Crippen LogP contribution in [0.15, 0.2) is 18.5 Å². The zero-order chi connectivity index (χ0) is 19.5. The molecule has 2 fully saturated rings. The van der Waals surface area contributed by atoms with Gasteiger partial charge in [-0.2, -0.15) is 0 Å². The molecule has 10 nitrogen and oxygen atoms in total. The molecule has 0 spiro atoms. The van der Waals surface area contributed by atoms with Gasteiger partial charge in [0.2, 0.25) is 11.9 Å². The Kier molecular flexibility index (Phi) is 5.49. The molecule has 1 aliphatic carbocycles. The molecular formula is C18H26N8O2. The molecular weight excluding hydrogens is 360 g/mol. The number of aliphatic hydroxyl groups is 1. The van der Waals surface area contributed by atoms with Crippen LogP contribution in [0, 0.1) is 0 Å². The maximum Gasteiger partial charge on any atom is 0.234 e. The second-order valence-electron chi connectivity index (χ2n) is 7.44. The first-order valence-corrected chi connectivity index (χ1v) is 9.66. The summed E-state index contributed by atoms with van der Waals surface area (Å²) >= 11 is 0. The van der Waals surface area contributed by atoms with Crippen molar-refractivity contribution >= 4 is 11.9 Å². The summed E-state index contributed by atoms with van der Waals surface area (Å²) in [7, 11) is 1.87. The van der Waals surface area contributed by atoms with Crippen LogP contribution in [0.25, 0.3) is 0 Å². The molecule has 0 aromatic carbocycles. The molecule has 1 saturated heterocycles. The second kappa shape index (κ2) is 8.19. The van der Waals surface area contributed by atoms with Gasteiger partial charge in [-0.05, 0) is 18.9 Å². The van der Waals surface area contributed by atoms with Crippen molar-refractivity contribution in [2.24, 2.45) is 7.05 Å². The summed E-state index contributed by atoms with van der Waals surface area (Å²) in [6, 6.07) is 2.00. The van der Waals surface area contributed by atoms with Gasteiger partial charge in [0.25, 0.3) is 0 Å². The summed E-state index contributed by atoms with van der Waals surface area (Å²) in [5.74, 6) is 2.57. The smallest absolute Gasteiger partial charge is 0.234 e. The van der Waals surface area contributed by atoms with Crippen molar-refractivity contribution < 1.29 is 9.90 Å². The van der Waals surface area contributed by atoms with E-state index in [4.69, 9.17) is 0 Å². The highest BCUT2D eigenvalue weighted by Crippen LogP contribution is 2.35. The number of aliphatic hydroxyl groups excluding tert-OH is 1. The van der Waals surface area contributed by atoms with Crippen LogP contribution in [0.2, 0.25) is 0 Å². The molecule has 2 aromatic rings. The zero-order valence-electron chi connectivity index (χ0n) is 16.0. The summed E-state index contributed by atoms with van der Waals surface area (Å²) < 4.78 is 1.85. The Hall–Kier alpha value is -2.59. The lowest BCUT2D eigenvalue weighted by atomic mass is 9.79. The minimum Gasteiger partial charge on any atom is -0.388 e. The van der Waals surface area contributed by atoms with Gasteiger partial charge in [-0.1, -0.05) is 0 Å². The molecule has 3 heterocycles. The number of carbonyl (C=O) groups is 1. The van der Waals surface area contributed by atoms with Crippen LogP contribution < -0.4 is 10.2 Å². The number of nitrogens with one attached hydrogen (secondary N) is 1. The van der Waals surface area contributed by atoms with E-state index in [-0.39, 0.29) is 24.5 Å². The number of carbonyl (C=O) groups excluding carboxylic acids is 1. The van der Waals surface area contributed by atoms with Crippen molar-refractivity contribution in [1.29, 1.82) is 0 Å². The van der Waals surface area contributed by atoms with Crippen molar-refractivity contribution in [1.82, 2.24) is 34.9 Å². The van der Waals surface area contributed by atoms with Crippen LogP contribution in [-0.4, -0.2) is 79.4 Å². The van der Waals surface area contributed by atoms with Gasteiger partial charge in [0.1, 0.15) is 12.4 Å². The van der Waals surface area contributed by atoms with Gasteiger partial charge >= 0.3 is 0 Å². The molecule has 150 valence electrons. The molecule has 0 unspecified atom stereocenters. The van der Waals surface area contributed by atoms with Crippen LogP contribution >= 0.6 is 0 Å². The number of amides is 1. The van der Waals surface area contributed by atoms with Gasteiger partial charge in [0.05, 0.1) is 6.54 Å². The first-order valence-electron chi connectivity index (χ1n) is 9.66. The normalized spacial score (nSPS) is 22.7. The Morgan fingerprint density at radius 2 is 1.89 bits per heavy atom. The van der Waals surface area contributed by atoms with Crippen molar-refractivity contribution in [3.05, 3.63) is 30.1 Å². The number of hydrogen-bond donors (Lipinski definition) is 2. The highest BCUT2D eigenvalue weighted by molar-refractivity contribution is 5.78. The summed E-state index contributed by atoms with van der Waals surface area (Å²) in [5.41, 5.74) is 0. The third kappa shape index (κ3) is 3.97. The van der Waals surface area contributed by atoms with Crippen LogP contribution in [-0.2, 0) is 18.4 Å². The van der Waals surface area contributed by atoms with Gasteiger partial charge in [-0.25, -0.2) is 9.97 Å². The largest absolute Gasteiger partial charge is 0.388 e. The van der Waals surface area contributed by atoms with Crippen LogP contribution in [0.4, 0.5) is 5.95 Å². The van der Waals surface area contributed by atoms with Crippen LogP contribution in [0.1, 0.15) is 30.4 Å². The third-order valence-electron chi connectivity index (χ3n) is 5.58. The van der Waals surface area contributed by atoms with E-state index in [1.807, 2.05) is 17.7 Å². The van der Waals surface area contributed by atoms with Crippen molar-refractivity contribution in [3.63, 3.8) is 0 Å². The van der Waals surface area contributed by atoms with Crippen LogP contribution in [0.3, 0.4) is 0 Å². The Bertz CT molecular complexity index is 797. The second-order valence-corrected chi connectivity index (χ2v) is 7.44. The summed E-state index contributed by atoms with van der Waals surface area (Å²) in [4.78, 5) is 25.2. The monoisotopic (exact) mass is 386 g/mol. The Balaban J connectivity index is 1.18. The van der Waals surface area contributed by atoms with E-state index in [2.05, 4.69) is 35.3 Å². The summed E-state index contributed by atoms with van der Waals surface area (Å²) in [6.45, 7) is 3.59. The van der Waals surface area contributed by atoms with Gasteiger partial charge in [-0.15, -0.1) is 10.2 Å². The van der Waals surface area contributed by atoms with Gasteiger partial charge < -0.3 is 19.9 Å².